The summed E-state index contributed by atoms with van der Waals surface area (Å²) < 4.78 is 1.01. The van der Waals surface area contributed by atoms with E-state index in [2.05, 4.69) is 28.2 Å². The molecule has 18 heavy (non-hydrogen) atoms. The minimum Gasteiger partial charge on any atom is -0.348 e. The molecule has 1 amide bonds. The third kappa shape index (κ3) is 4.78. The van der Waals surface area contributed by atoms with E-state index in [1.807, 2.05) is 31.2 Å². The fraction of sp³-hybridized carbons (Fsp3) is 0.500. The molecule has 4 heteroatoms. The number of carbonyl (C=O) groups excluding carboxylic acids is 1. The van der Waals surface area contributed by atoms with Crippen LogP contribution in [0.25, 0.3) is 0 Å². The van der Waals surface area contributed by atoms with Crippen LogP contribution < -0.4 is 11.1 Å². The molecule has 0 aromatic heterocycles. The maximum atomic E-state index is 11.9. The maximum Gasteiger partial charge on any atom is 0.237 e. The lowest BCUT2D eigenvalue weighted by molar-refractivity contribution is -0.123. The standard InChI is InChI=1S/C14H21BrN2O/c1-3-4-8-13(16)14(18)17-10(2)11-6-5-7-12(15)9-11/h5-7,9-10,13H,3-4,8,16H2,1-2H3,(H,17,18)/t10-,13?/m0/s1. The molecule has 0 aliphatic carbocycles. The number of hydrogen-bond donors (Lipinski definition) is 2. The summed E-state index contributed by atoms with van der Waals surface area (Å²) in [4.78, 5) is 11.9. The van der Waals surface area contributed by atoms with Gasteiger partial charge < -0.3 is 11.1 Å². The average molecular weight is 313 g/mol. The van der Waals surface area contributed by atoms with Gasteiger partial charge in [0.15, 0.2) is 0 Å². The van der Waals surface area contributed by atoms with Crippen LogP contribution >= 0.6 is 15.9 Å². The first kappa shape index (κ1) is 15.2. The highest BCUT2D eigenvalue weighted by molar-refractivity contribution is 9.10. The van der Waals surface area contributed by atoms with Crippen LogP contribution in [0.3, 0.4) is 0 Å². The Kier molecular flexibility index (Phi) is 6.36. The van der Waals surface area contributed by atoms with Gasteiger partial charge in [-0.3, -0.25) is 4.79 Å². The van der Waals surface area contributed by atoms with E-state index in [0.717, 1.165) is 29.3 Å². The molecule has 0 aliphatic rings. The Morgan fingerprint density at radius 3 is 2.83 bits per heavy atom. The van der Waals surface area contributed by atoms with Crippen molar-refractivity contribution in [3.05, 3.63) is 34.3 Å². The van der Waals surface area contributed by atoms with Crippen LogP contribution in [0.1, 0.15) is 44.7 Å². The first-order valence-corrected chi connectivity index (χ1v) is 7.15. The predicted molar refractivity (Wildman–Crippen MR) is 78.2 cm³/mol. The Hall–Kier alpha value is -0.870. The van der Waals surface area contributed by atoms with Crippen molar-refractivity contribution in [3.63, 3.8) is 0 Å². The highest BCUT2D eigenvalue weighted by Crippen LogP contribution is 2.17. The molecular weight excluding hydrogens is 292 g/mol. The van der Waals surface area contributed by atoms with Crippen LogP contribution in [0.2, 0.25) is 0 Å². The molecule has 3 nitrogen and oxygen atoms in total. The van der Waals surface area contributed by atoms with Gasteiger partial charge in [0.25, 0.3) is 0 Å². The lowest BCUT2D eigenvalue weighted by atomic mass is 10.1. The number of nitrogens with two attached hydrogens (primary N) is 1. The number of halogens is 1. The maximum absolute atomic E-state index is 11.9. The highest BCUT2D eigenvalue weighted by Gasteiger charge is 2.15. The molecule has 100 valence electrons. The number of amides is 1. The van der Waals surface area contributed by atoms with Gasteiger partial charge in [-0.25, -0.2) is 0 Å². The third-order valence-corrected chi connectivity index (χ3v) is 3.41. The molecule has 0 radical (unpaired) electrons. The molecule has 0 saturated carbocycles. The number of unbranched alkanes of at least 4 members (excludes halogenated alkanes) is 1. The van der Waals surface area contributed by atoms with Gasteiger partial charge in [0.1, 0.15) is 0 Å². The number of rotatable bonds is 6. The first-order valence-electron chi connectivity index (χ1n) is 6.36. The third-order valence-electron chi connectivity index (χ3n) is 2.91. The largest absolute Gasteiger partial charge is 0.348 e. The Balaban J connectivity index is 2.54. The van der Waals surface area contributed by atoms with Crippen molar-refractivity contribution >= 4 is 21.8 Å². The quantitative estimate of drug-likeness (QED) is 0.847. The molecule has 2 atom stereocenters. The van der Waals surface area contributed by atoms with Gasteiger partial charge in [-0.15, -0.1) is 0 Å². The van der Waals surface area contributed by atoms with Gasteiger partial charge in [-0.05, 0) is 31.0 Å². The Morgan fingerprint density at radius 1 is 1.50 bits per heavy atom. The van der Waals surface area contributed by atoms with E-state index >= 15 is 0 Å². The Labute approximate surface area is 117 Å². The molecule has 0 heterocycles. The molecule has 3 N–H and O–H groups in total. The van der Waals surface area contributed by atoms with Gasteiger partial charge in [0.05, 0.1) is 12.1 Å². The van der Waals surface area contributed by atoms with E-state index in [9.17, 15) is 4.79 Å². The average Bonchev–Trinajstić information content (AvgIpc) is 2.35. The summed E-state index contributed by atoms with van der Waals surface area (Å²) in [6.45, 7) is 4.06. The first-order chi connectivity index (χ1) is 8.54. The number of nitrogens with one attached hydrogen (secondary N) is 1. The molecule has 1 aromatic rings. The van der Waals surface area contributed by atoms with Gasteiger partial charge in [0, 0.05) is 4.47 Å². The van der Waals surface area contributed by atoms with E-state index < -0.39 is 6.04 Å². The minimum atomic E-state index is -0.403. The van der Waals surface area contributed by atoms with Crippen molar-refractivity contribution in [1.82, 2.24) is 5.32 Å². The summed E-state index contributed by atoms with van der Waals surface area (Å²) in [6, 6.07) is 7.49. The van der Waals surface area contributed by atoms with Crippen LogP contribution in [0.5, 0.6) is 0 Å². The van der Waals surface area contributed by atoms with Crippen molar-refractivity contribution in [2.75, 3.05) is 0 Å². The van der Waals surface area contributed by atoms with Crippen LogP contribution in [-0.4, -0.2) is 11.9 Å². The minimum absolute atomic E-state index is 0.0253. The van der Waals surface area contributed by atoms with Crippen molar-refractivity contribution in [3.8, 4) is 0 Å². The van der Waals surface area contributed by atoms with Crippen molar-refractivity contribution in [2.45, 2.75) is 45.2 Å². The summed E-state index contributed by atoms with van der Waals surface area (Å²) in [5.41, 5.74) is 6.91. The summed E-state index contributed by atoms with van der Waals surface area (Å²) >= 11 is 3.42. The lowest BCUT2D eigenvalue weighted by Gasteiger charge is -2.18. The van der Waals surface area contributed by atoms with Gasteiger partial charge in [-0.1, -0.05) is 47.8 Å². The van der Waals surface area contributed by atoms with Crippen LogP contribution in [-0.2, 0) is 4.79 Å². The van der Waals surface area contributed by atoms with E-state index in [4.69, 9.17) is 5.73 Å². The second kappa shape index (κ2) is 7.54. The zero-order valence-electron chi connectivity index (χ0n) is 10.9. The molecule has 0 spiro atoms. The van der Waals surface area contributed by atoms with Gasteiger partial charge in [-0.2, -0.15) is 0 Å². The second-order valence-corrected chi connectivity index (χ2v) is 5.45. The monoisotopic (exact) mass is 312 g/mol. The molecule has 0 bridgehead atoms. The zero-order chi connectivity index (χ0) is 13.5. The zero-order valence-corrected chi connectivity index (χ0v) is 12.5. The SMILES string of the molecule is CCCCC(N)C(=O)N[C@@H](C)c1cccc(Br)c1. The van der Waals surface area contributed by atoms with E-state index in [0.29, 0.717) is 0 Å². The van der Waals surface area contributed by atoms with E-state index in [1.54, 1.807) is 0 Å². The molecule has 0 saturated heterocycles. The summed E-state index contributed by atoms with van der Waals surface area (Å²) in [5.74, 6) is -0.0732. The highest BCUT2D eigenvalue weighted by atomic mass is 79.9. The second-order valence-electron chi connectivity index (χ2n) is 4.53. The Morgan fingerprint density at radius 2 is 2.22 bits per heavy atom. The Bertz CT molecular complexity index is 395. The van der Waals surface area contributed by atoms with Crippen molar-refractivity contribution in [1.29, 1.82) is 0 Å². The molecule has 1 rings (SSSR count). The summed E-state index contributed by atoms with van der Waals surface area (Å²) in [6.07, 6.45) is 2.79. The van der Waals surface area contributed by atoms with Crippen LogP contribution in [0.15, 0.2) is 28.7 Å². The van der Waals surface area contributed by atoms with Crippen molar-refractivity contribution < 1.29 is 4.79 Å². The number of hydrogen-bond acceptors (Lipinski definition) is 2. The molecule has 0 fully saturated rings. The van der Waals surface area contributed by atoms with Crippen LogP contribution in [0, 0.1) is 0 Å². The van der Waals surface area contributed by atoms with Crippen LogP contribution in [0.4, 0.5) is 0 Å². The predicted octanol–water partition coefficient (Wildman–Crippen LogP) is 3.14. The molecular formula is C14H21BrN2O. The number of carbonyl (C=O) groups is 1. The lowest BCUT2D eigenvalue weighted by Crippen LogP contribution is -2.41. The van der Waals surface area contributed by atoms with Crippen molar-refractivity contribution in [2.24, 2.45) is 5.73 Å². The fourth-order valence-electron chi connectivity index (χ4n) is 1.73. The summed E-state index contributed by atoms with van der Waals surface area (Å²) in [5, 5.41) is 2.95. The number of benzene rings is 1. The van der Waals surface area contributed by atoms with Gasteiger partial charge in [0.2, 0.25) is 5.91 Å². The molecule has 0 aliphatic heterocycles. The van der Waals surface area contributed by atoms with E-state index in [1.165, 1.54) is 0 Å². The topological polar surface area (TPSA) is 55.1 Å². The molecule has 1 aromatic carbocycles. The molecule has 1 unspecified atom stereocenters. The summed E-state index contributed by atoms with van der Waals surface area (Å²) in [7, 11) is 0. The fourth-order valence-corrected chi connectivity index (χ4v) is 2.15. The smallest absolute Gasteiger partial charge is 0.237 e. The van der Waals surface area contributed by atoms with Gasteiger partial charge >= 0.3 is 0 Å². The normalized spacial score (nSPS) is 14.0. The van der Waals surface area contributed by atoms with E-state index in [-0.39, 0.29) is 11.9 Å².